The van der Waals surface area contributed by atoms with Gasteiger partial charge < -0.3 is 11.1 Å². The van der Waals surface area contributed by atoms with Gasteiger partial charge in [-0.1, -0.05) is 6.07 Å². The Kier molecular flexibility index (Phi) is 10.1. The number of guanidine groups is 1. The molecule has 144 valence electrons. The number of piperidine rings is 1. The van der Waals surface area contributed by atoms with Crippen molar-refractivity contribution in [1.82, 2.24) is 10.2 Å². The second-order valence-corrected chi connectivity index (χ2v) is 7.18. The molecule has 0 atom stereocenters. The van der Waals surface area contributed by atoms with E-state index >= 15 is 0 Å². The van der Waals surface area contributed by atoms with Crippen LogP contribution in [0.15, 0.2) is 22.5 Å². The molecule has 0 bridgehead atoms. The highest BCUT2D eigenvalue weighted by Crippen LogP contribution is 2.24. The number of likely N-dealkylation sites (tertiary alicyclic amines) is 1. The summed E-state index contributed by atoms with van der Waals surface area (Å²) < 4.78 is 37.0. The van der Waals surface area contributed by atoms with Crippen molar-refractivity contribution < 1.29 is 13.2 Å². The molecule has 1 aromatic rings. The summed E-state index contributed by atoms with van der Waals surface area (Å²) in [5.41, 5.74) is 5.83. The molecular weight excluding hydrogens is 464 g/mol. The normalized spacial score (nSPS) is 17.3. The first-order chi connectivity index (χ1) is 11.4. The standard InChI is InChI=1S/C16H25F3N4S.HI/c17-16(18,19)12-23-9-5-13(6-10-23)3-7-21-15(20)22-8-4-14-2-1-11-24-14;/h1-2,11,13H,3-10,12H2,(H3,20,21,22);1H. The molecule has 1 aliphatic heterocycles. The summed E-state index contributed by atoms with van der Waals surface area (Å²) in [5, 5.41) is 5.14. The number of thiophene rings is 1. The summed E-state index contributed by atoms with van der Waals surface area (Å²) >= 11 is 1.72. The number of hydrogen-bond acceptors (Lipinski definition) is 3. The van der Waals surface area contributed by atoms with Crippen LogP contribution < -0.4 is 11.1 Å². The zero-order valence-electron chi connectivity index (χ0n) is 14.1. The number of halogens is 4. The minimum absolute atomic E-state index is 0. The molecule has 9 heteroatoms. The van der Waals surface area contributed by atoms with Crippen molar-refractivity contribution in [3.8, 4) is 0 Å². The molecule has 2 heterocycles. The third-order valence-electron chi connectivity index (χ3n) is 4.19. The molecule has 1 aromatic heterocycles. The number of nitrogens with zero attached hydrogens (tertiary/aromatic N) is 2. The van der Waals surface area contributed by atoms with Crippen LogP contribution in [0.25, 0.3) is 0 Å². The lowest BCUT2D eigenvalue weighted by Gasteiger charge is -2.32. The summed E-state index contributed by atoms with van der Waals surface area (Å²) in [5.74, 6) is 0.887. The summed E-state index contributed by atoms with van der Waals surface area (Å²) in [6, 6.07) is 4.11. The smallest absolute Gasteiger partial charge is 0.370 e. The zero-order valence-corrected chi connectivity index (χ0v) is 17.2. The van der Waals surface area contributed by atoms with E-state index in [1.165, 1.54) is 9.78 Å². The van der Waals surface area contributed by atoms with Crippen molar-refractivity contribution in [2.24, 2.45) is 16.6 Å². The van der Waals surface area contributed by atoms with Crippen LogP contribution in [-0.4, -0.2) is 49.8 Å². The Balaban J connectivity index is 0.00000312. The first-order valence-corrected chi connectivity index (χ1v) is 9.15. The molecule has 0 aromatic carbocycles. The second kappa shape index (κ2) is 11.2. The molecule has 4 nitrogen and oxygen atoms in total. The molecule has 2 rings (SSSR count). The van der Waals surface area contributed by atoms with Crippen molar-refractivity contribution >= 4 is 41.3 Å². The first kappa shape index (κ1) is 22.5. The fourth-order valence-electron chi connectivity index (χ4n) is 2.88. The van der Waals surface area contributed by atoms with E-state index in [9.17, 15) is 13.2 Å². The zero-order chi connectivity index (χ0) is 17.4. The van der Waals surface area contributed by atoms with Crippen LogP contribution in [0.2, 0.25) is 0 Å². The van der Waals surface area contributed by atoms with E-state index in [0.717, 1.165) is 32.2 Å². The van der Waals surface area contributed by atoms with Gasteiger partial charge in [0.1, 0.15) is 0 Å². The highest BCUT2D eigenvalue weighted by Gasteiger charge is 2.32. The quantitative estimate of drug-likeness (QED) is 0.350. The lowest BCUT2D eigenvalue weighted by atomic mass is 9.93. The number of hydrogen-bond donors (Lipinski definition) is 2. The average Bonchev–Trinajstić information content (AvgIpc) is 3.01. The van der Waals surface area contributed by atoms with Gasteiger partial charge in [0.2, 0.25) is 0 Å². The van der Waals surface area contributed by atoms with Crippen molar-refractivity contribution in [3.63, 3.8) is 0 Å². The monoisotopic (exact) mass is 490 g/mol. The van der Waals surface area contributed by atoms with E-state index in [0.29, 0.717) is 31.5 Å². The predicted molar refractivity (Wildman–Crippen MR) is 108 cm³/mol. The second-order valence-electron chi connectivity index (χ2n) is 6.15. The van der Waals surface area contributed by atoms with E-state index in [-0.39, 0.29) is 24.0 Å². The van der Waals surface area contributed by atoms with Crippen LogP contribution in [0.4, 0.5) is 13.2 Å². The Bertz CT molecular complexity index is 500. The van der Waals surface area contributed by atoms with Gasteiger partial charge in [0.05, 0.1) is 6.54 Å². The maximum absolute atomic E-state index is 12.3. The van der Waals surface area contributed by atoms with Crippen LogP contribution in [-0.2, 0) is 6.42 Å². The third-order valence-corrected chi connectivity index (χ3v) is 5.12. The van der Waals surface area contributed by atoms with E-state index in [2.05, 4.69) is 16.4 Å². The molecule has 0 saturated carbocycles. The number of nitrogens with two attached hydrogens (primary N) is 1. The molecule has 1 fully saturated rings. The molecule has 0 unspecified atom stereocenters. The van der Waals surface area contributed by atoms with Crippen LogP contribution >= 0.6 is 35.3 Å². The van der Waals surface area contributed by atoms with Crippen LogP contribution in [0.5, 0.6) is 0 Å². The summed E-state index contributed by atoms with van der Waals surface area (Å²) in [6.45, 7) is 1.62. The maximum atomic E-state index is 12.3. The summed E-state index contributed by atoms with van der Waals surface area (Å²) in [6.07, 6.45) is -0.687. The minimum atomic E-state index is -4.10. The molecule has 0 radical (unpaired) electrons. The topological polar surface area (TPSA) is 53.6 Å². The number of alkyl halides is 3. The summed E-state index contributed by atoms with van der Waals surface area (Å²) in [7, 11) is 0. The van der Waals surface area contributed by atoms with Crippen LogP contribution in [0.3, 0.4) is 0 Å². The Morgan fingerprint density at radius 1 is 1.36 bits per heavy atom. The molecule has 1 aliphatic rings. The van der Waals surface area contributed by atoms with Gasteiger partial charge in [-0.05, 0) is 56.1 Å². The summed E-state index contributed by atoms with van der Waals surface area (Å²) in [4.78, 5) is 7.10. The molecule has 0 aliphatic carbocycles. The van der Waals surface area contributed by atoms with Gasteiger partial charge in [-0.2, -0.15) is 13.2 Å². The third kappa shape index (κ3) is 9.64. The van der Waals surface area contributed by atoms with Gasteiger partial charge in [-0.3, -0.25) is 9.89 Å². The minimum Gasteiger partial charge on any atom is -0.370 e. The molecule has 1 saturated heterocycles. The molecule has 0 spiro atoms. The average molecular weight is 490 g/mol. The predicted octanol–water partition coefficient (Wildman–Crippen LogP) is 3.48. The molecule has 3 N–H and O–H groups in total. The fourth-order valence-corrected chi connectivity index (χ4v) is 3.59. The van der Waals surface area contributed by atoms with Gasteiger partial charge in [0.15, 0.2) is 5.96 Å². The van der Waals surface area contributed by atoms with Crippen molar-refractivity contribution in [2.45, 2.75) is 31.9 Å². The highest BCUT2D eigenvalue weighted by molar-refractivity contribution is 14.0. The Labute approximate surface area is 168 Å². The molecule has 0 amide bonds. The van der Waals surface area contributed by atoms with Gasteiger partial charge in [-0.15, -0.1) is 35.3 Å². The van der Waals surface area contributed by atoms with Gasteiger partial charge >= 0.3 is 6.18 Å². The van der Waals surface area contributed by atoms with E-state index in [1.54, 1.807) is 11.3 Å². The van der Waals surface area contributed by atoms with Crippen LogP contribution in [0.1, 0.15) is 24.1 Å². The number of nitrogens with one attached hydrogen (secondary N) is 1. The Morgan fingerprint density at radius 2 is 2.08 bits per heavy atom. The van der Waals surface area contributed by atoms with Gasteiger partial charge in [0.25, 0.3) is 0 Å². The van der Waals surface area contributed by atoms with Gasteiger partial charge in [0, 0.05) is 18.0 Å². The Hall–Kier alpha value is -0.550. The van der Waals surface area contributed by atoms with Crippen LogP contribution in [0, 0.1) is 5.92 Å². The number of rotatable bonds is 7. The Morgan fingerprint density at radius 3 is 2.68 bits per heavy atom. The van der Waals surface area contributed by atoms with E-state index < -0.39 is 12.7 Å². The van der Waals surface area contributed by atoms with Crippen molar-refractivity contribution in [2.75, 3.05) is 32.7 Å². The largest absolute Gasteiger partial charge is 0.401 e. The molecular formula is C16H26F3IN4S. The maximum Gasteiger partial charge on any atom is 0.401 e. The first-order valence-electron chi connectivity index (χ1n) is 8.27. The van der Waals surface area contributed by atoms with Crippen molar-refractivity contribution in [1.29, 1.82) is 0 Å². The highest BCUT2D eigenvalue weighted by atomic mass is 127. The van der Waals surface area contributed by atoms with Gasteiger partial charge in [-0.25, -0.2) is 0 Å². The van der Waals surface area contributed by atoms with Crippen molar-refractivity contribution in [3.05, 3.63) is 22.4 Å². The molecule has 25 heavy (non-hydrogen) atoms. The van der Waals surface area contributed by atoms with E-state index in [1.807, 2.05) is 11.4 Å². The lowest BCUT2D eigenvalue weighted by molar-refractivity contribution is -0.148. The van der Waals surface area contributed by atoms with E-state index in [4.69, 9.17) is 5.73 Å². The fraction of sp³-hybridized carbons (Fsp3) is 0.688. The number of aliphatic imine (C=N–C) groups is 1. The SMILES string of the molecule is I.NC(=NCCC1CCN(CC(F)(F)F)CC1)NCCc1cccs1. The lowest BCUT2D eigenvalue weighted by Crippen LogP contribution is -2.40.